The molecule has 0 atom stereocenters. The lowest BCUT2D eigenvalue weighted by molar-refractivity contribution is 0.122. The molecule has 0 bridgehead atoms. The van der Waals surface area contributed by atoms with Crippen LogP contribution in [0.25, 0.3) is 32.4 Å². The van der Waals surface area contributed by atoms with Crippen LogP contribution in [0.2, 0.25) is 0 Å². The second kappa shape index (κ2) is 7.94. The van der Waals surface area contributed by atoms with E-state index in [1.165, 1.54) is 17.0 Å². The second-order valence-corrected chi connectivity index (χ2v) is 8.67. The maximum absolute atomic E-state index is 6.08. The molecule has 0 amide bonds. The summed E-state index contributed by atoms with van der Waals surface area (Å²) in [5, 5.41) is 3.53. The Hall–Kier alpha value is -2.74. The van der Waals surface area contributed by atoms with Crippen molar-refractivity contribution in [1.82, 2.24) is 9.97 Å². The highest BCUT2D eigenvalue weighted by atomic mass is 32.1. The van der Waals surface area contributed by atoms with Crippen molar-refractivity contribution in [3.05, 3.63) is 60.0 Å². The molecule has 0 aliphatic carbocycles. The molecule has 1 aliphatic rings. The van der Waals surface area contributed by atoms with E-state index in [1.807, 2.05) is 18.2 Å². The molecule has 1 aliphatic heterocycles. The average molecular weight is 421 g/mol. The summed E-state index contributed by atoms with van der Waals surface area (Å²) < 4.78 is 5.45. The van der Waals surface area contributed by atoms with Crippen LogP contribution in [0.15, 0.2) is 60.0 Å². The van der Waals surface area contributed by atoms with Gasteiger partial charge in [-0.2, -0.15) is 0 Å². The topological polar surface area (TPSA) is 64.3 Å². The molecule has 0 radical (unpaired) electrons. The standard InChI is InChI=1S/C22H20N4OS2/c23-22-25-19(21-24-18(14-28-21)15-4-2-1-3-5-15)20(29-22)16-6-8-17(9-7-16)26-10-12-27-13-11-26/h1-9,14H,10-13H2,(H2,23,25). The molecule has 2 aromatic carbocycles. The van der Waals surface area contributed by atoms with Crippen LogP contribution in [-0.2, 0) is 4.74 Å². The van der Waals surface area contributed by atoms with E-state index >= 15 is 0 Å². The summed E-state index contributed by atoms with van der Waals surface area (Å²) in [6.07, 6.45) is 0. The number of nitrogen functional groups attached to an aromatic ring is 1. The van der Waals surface area contributed by atoms with E-state index in [0.29, 0.717) is 5.13 Å². The third kappa shape index (κ3) is 3.76. The Labute approximate surface area is 177 Å². The van der Waals surface area contributed by atoms with Crippen LogP contribution in [0.4, 0.5) is 10.8 Å². The summed E-state index contributed by atoms with van der Waals surface area (Å²) in [5.74, 6) is 0. The van der Waals surface area contributed by atoms with Gasteiger partial charge in [0, 0.05) is 29.7 Å². The first-order chi connectivity index (χ1) is 14.3. The van der Waals surface area contributed by atoms with Gasteiger partial charge in [0.15, 0.2) is 5.13 Å². The summed E-state index contributed by atoms with van der Waals surface area (Å²) in [7, 11) is 0. The Morgan fingerprint density at radius 3 is 2.41 bits per heavy atom. The van der Waals surface area contributed by atoms with Gasteiger partial charge in [0.2, 0.25) is 0 Å². The van der Waals surface area contributed by atoms with Gasteiger partial charge in [-0.05, 0) is 17.7 Å². The van der Waals surface area contributed by atoms with E-state index in [9.17, 15) is 0 Å². The zero-order valence-electron chi connectivity index (χ0n) is 15.7. The van der Waals surface area contributed by atoms with Crippen molar-refractivity contribution >= 4 is 33.5 Å². The van der Waals surface area contributed by atoms with Gasteiger partial charge >= 0.3 is 0 Å². The number of hydrogen-bond acceptors (Lipinski definition) is 7. The highest BCUT2D eigenvalue weighted by Gasteiger charge is 2.18. The number of aromatic nitrogens is 2. The molecule has 1 fully saturated rings. The monoisotopic (exact) mass is 420 g/mol. The first-order valence-corrected chi connectivity index (χ1v) is 11.2. The Morgan fingerprint density at radius 2 is 1.66 bits per heavy atom. The fourth-order valence-electron chi connectivity index (χ4n) is 3.45. The van der Waals surface area contributed by atoms with E-state index in [0.717, 1.165) is 58.7 Å². The van der Waals surface area contributed by atoms with Gasteiger partial charge in [-0.1, -0.05) is 53.8 Å². The van der Waals surface area contributed by atoms with E-state index in [-0.39, 0.29) is 0 Å². The van der Waals surface area contributed by atoms with Crippen molar-refractivity contribution in [3.8, 4) is 32.4 Å². The predicted octanol–water partition coefficient (Wildman–Crippen LogP) is 5.02. The number of thiazole rings is 2. The quantitative estimate of drug-likeness (QED) is 0.502. The fourth-order valence-corrected chi connectivity index (χ4v) is 5.17. The van der Waals surface area contributed by atoms with Gasteiger partial charge in [-0.15, -0.1) is 11.3 Å². The van der Waals surface area contributed by atoms with Gasteiger partial charge in [-0.25, -0.2) is 9.97 Å². The molecule has 2 aromatic heterocycles. The number of rotatable bonds is 4. The molecule has 2 N–H and O–H groups in total. The van der Waals surface area contributed by atoms with E-state index in [1.54, 1.807) is 11.3 Å². The van der Waals surface area contributed by atoms with Crippen LogP contribution in [-0.4, -0.2) is 36.3 Å². The van der Waals surface area contributed by atoms with Crippen LogP contribution in [0, 0.1) is 0 Å². The lowest BCUT2D eigenvalue weighted by Crippen LogP contribution is -2.36. The fraction of sp³-hybridized carbons (Fsp3) is 0.182. The van der Waals surface area contributed by atoms with E-state index < -0.39 is 0 Å². The molecule has 7 heteroatoms. The van der Waals surface area contributed by atoms with Gasteiger partial charge in [-0.3, -0.25) is 0 Å². The summed E-state index contributed by atoms with van der Waals surface area (Å²) in [4.78, 5) is 12.8. The average Bonchev–Trinajstić information content (AvgIpc) is 3.42. The number of nitrogens with zero attached hydrogens (tertiary/aromatic N) is 3. The smallest absolute Gasteiger partial charge is 0.181 e. The minimum atomic E-state index is 0.559. The van der Waals surface area contributed by atoms with Crippen molar-refractivity contribution < 1.29 is 4.74 Å². The Bertz CT molecular complexity index is 1100. The van der Waals surface area contributed by atoms with Crippen molar-refractivity contribution in [2.45, 2.75) is 0 Å². The zero-order chi connectivity index (χ0) is 19.6. The highest BCUT2D eigenvalue weighted by molar-refractivity contribution is 7.20. The summed E-state index contributed by atoms with van der Waals surface area (Å²) in [6.45, 7) is 3.43. The minimum absolute atomic E-state index is 0.559. The maximum Gasteiger partial charge on any atom is 0.181 e. The number of benzene rings is 2. The Morgan fingerprint density at radius 1 is 0.897 bits per heavy atom. The van der Waals surface area contributed by atoms with Crippen molar-refractivity contribution in [2.75, 3.05) is 36.9 Å². The number of nitrogens with two attached hydrogens (primary N) is 1. The van der Waals surface area contributed by atoms with Crippen LogP contribution in [0.3, 0.4) is 0 Å². The van der Waals surface area contributed by atoms with Crippen LogP contribution < -0.4 is 10.6 Å². The molecule has 29 heavy (non-hydrogen) atoms. The molecule has 5 rings (SSSR count). The molecule has 0 spiro atoms. The first-order valence-electron chi connectivity index (χ1n) is 9.49. The van der Waals surface area contributed by atoms with Crippen LogP contribution >= 0.6 is 22.7 Å². The van der Waals surface area contributed by atoms with Gasteiger partial charge in [0.1, 0.15) is 10.7 Å². The minimum Gasteiger partial charge on any atom is -0.378 e. The van der Waals surface area contributed by atoms with E-state index in [2.05, 4.69) is 51.7 Å². The first kappa shape index (κ1) is 18.3. The van der Waals surface area contributed by atoms with Gasteiger partial charge in [0.05, 0.1) is 23.8 Å². The van der Waals surface area contributed by atoms with Crippen LogP contribution in [0.1, 0.15) is 0 Å². The predicted molar refractivity (Wildman–Crippen MR) is 122 cm³/mol. The van der Waals surface area contributed by atoms with Gasteiger partial charge < -0.3 is 15.4 Å². The molecular formula is C22H20N4OS2. The molecule has 0 unspecified atom stereocenters. The maximum atomic E-state index is 6.08. The van der Waals surface area contributed by atoms with Crippen LogP contribution in [0.5, 0.6) is 0 Å². The van der Waals surface area contributed by atoms with Crippen molar-refractivity contribution in [3.63, 3.8) is 0 Å². The number of anilines is 2. The SMILES string of the molecule is Nc1nc(-c2nc(-c3ccccc3)cs2)c(-c2ccc(N3CCOCC3)cc2)s1. The lowest BCUT2D eigenvalue weighted by Gasteiger charge is -2.28. The summed E-state index contributed by atoms with van der Waals surface area (Å²) >= 11 is 3.11. The van der Waals surface area contributed by atoms with Crippen molar-refractivity contribution in [1.29, 1.82) is 0 Å². The molecule has 3 heterocycles. The Balaban J connectivity index is 1.46. The second-order valence-electron chi connectivity index (χ2n) is 6.78. The molecule has 146 valence electrons. The molecule has 5 nitrogen and oxygen atoms in total. The Kier molecular flexibility index (Phi) is 5.01. The lowest BCUT2D eigenvalue weighted by atomic mass is 10.1. The number of hydrogen-bond donors (Lipinski definition) is 1. The normalized spacial score (nSPS) is 14.3. The zero-order valence-corrected chi connectivity index (χ0v) is 17.4. The van der Waals surface area contributed by atoms with Gasteiger partial charge in [0.25, 0.3) is 0 Å². The summed E-state index contributed by atoms with van der Waals surface area (Å²) in [6, 6.07) is 18.8. The van der Waals surface area contributed by atoms with E-state index in [4.69, 9.17) is 15.5 Å². The molecular weight excluding hydrogens is 400 g/mol. The molecule has 1 saturated heterocycles. The number of morpholine rings is 1. The molecule has 0 saturated carbocycles. The molecule has 4 aromatic rings. The highest BCUT2D eigenvalue weighted by Crippen LogP contribution is 2.40. The van der Waals surface area contributed by atoms with Crippen molar-refractivity contribution in [2.24, 2.45) is 0 Å². The largest absolute Gasteiger partial charge is 0.378 e. The third-order valence-corrected chi connectivity index (χ3v) is 6.71. The number of ether oxygens (including phenoxy) is 1. The third-order valence-electron chi connectivity index (χ3n) is 4.93. The summed E-state index contributed by atoms with van der Waals surface area (Å²) in [5.41, 5.74) is 11.3.